The topological polar surface area (TPSA) is 43.1 Å². The number of nitrogens with zero attached hydrogens (tertiary/aromatic N) is 4. The van der Waals surface area contributed by atoms with Crippen LogP contribution < -0.4 is 0 Å². The average molecular weight is 353 g/mol. The van der Waals surface area contributed by atoms with Crippen LogP contribution in [0.2, 0.25) is 0 Å². The Morgan fingerprint density at radius 3 is 2.77 bits per heavy atom. The molecule has 108 valence electrons. The van der Waals surface area contributed by atoms with Crippen molar-refractivity contribution in [1.29, 1.82) is 0 Å². The normalized spacial score (nSPS) is 13.6. The molecule has 2 aromatic carbocycles. The molecule has 2 heterocycles. The van der Waals surface area contributed by atoms with Crippen LogP contribution >= 0.6 is 15.9 Å². The van der Waals surface area contributed by atoms with E-state index in [0.29, 0.717) is 6.54 Å². The molecular formula is C17H13BrN4. The molecule has 0 aliphatic carbocycles. The molecule has 22 heavy (non-hydrogen) atoms. The smallest absolute Gasteiger partial charge is 0.139 e. The lowest BCUT2D eigenvalue weighted by Crippen LogP contribution is -2.15. The van der Waals surface area contributed by atoms with E-state index >= 15 is 0 Å². The standard InChI is InChI=1S/C17H13BrN4/c18-13-6-7-15-14(10-13)17(12-4-2-1-3-5-12)19-9-8-16-21-20-11-22(15)16/h1-7,10-11H,8-9H2. The Bertz CT molecular complexity index is 852. The highest BCUT2D eigenvalue weighted by molar-refractivity contribution is 9.10. The van der Waals surface area contributed by atoms with E-state index in [1.54, 1.807) is 6.33 Å². The Morgan fingerprint density at radius 1 is 1.05 bits per heavy atom. The van der Waals surface area contributed by atoms with Crippen LogP contribution in [0, 0.1) is 0 Å². The van der Waals surface area contributed by atoms with Gasteiger partial charge in [0.25, 0.3) is 0 Å². The van der Waals surface area contributed by atoms with E-state index in [1.807, 2.05) is 24.3 Å². The van der Waals surface area contributed by atoms with Crippen molar-refractivity contribution in [1.82, 2.24) is 14.8 Å². The van der Waals surface area contributed by atoms with E-state index in [0.717, 1.165) is 39.2 Å². The van der Waals surface area contributed by atoms with Gasteiger partial charge >= 0.3 is 0 Å². The fraction of sp³-hybridized carbons (Fsp3) is 0.118. The highest BCUT2D eigenvalue weighted by Crippen LogP contribution is 2.25. The van der Waals surface area contributed by atoms with Crippen LogP contribution in [0.4, 0.5) is 0 Å². The summed E-state index contributed by atoms with van der Waals surface area (Å²) in [7, 11) is 0. The average Bonchev–Trinajstić information content (AvgIpc) is 2.98. The van der Waals surface area contributed by atoms with Crippen molar-refractivity contribution < 1.29 is 0 Å². The number of halogens is 1. The van der Waals surface area contributed by atoms with E-state index in [2.05, 4.69) is 55.0 Å². The lowest BCUT2D eigenvalue weighted by Gasteiger charge is -2.17. The van der Waals surface area contributed by atoms with Gasteiger partial charge in [-0.3, -0.25) is 9.56 Å². The number of aliphatic imine (C=N–C) groups is 1. The van der Waals surface area contributed by atoms with Crippen molar-refractivity contribution in [2.75, 3.05) is 6.54 Å². The van der Waals surface area contributed by atoms with Gasteiger partial charge < -0.3 is 0 Å². The summed E-state index contributed by atoms with van der Waals surface area (Å²) in [6.07, 6.45) is 2.56. The second-order valence-electron chi connectivity index (χ2n) is 5.12. The first-order chi connectivity index (χ1) is 10.8. The maximum Gasteiger partial charge on any atom is 0.139 e. The molecule has 0 saturated heterocycles. The van der Waals surface area contributed by atoms with Gasteiger partial charge in [-0.05, 0) is 18.2 Å². The van der Waals surface area contributed by atoms with Gasteiger partial charge in [-0.2, -0.15) is 0 Å². The monoisotopic (exact) mass is 352 g/mol. The molecule has 0 N–H and O–H groups in total. The number of benzene rings is 2. The number of fused-ring (bicyclic) bond motifs is 3. The van der Waals surface area contributed by atoms with Crippen molar-refractivity contribution in [3.8, 4) is 5.69 Å². The molecule has 0 atom stereocenters. The van der Waals surface area contributed by atoms with Gasteiger partial charge in [-0.15, -0.1) is 10.2 Å². The zero-order valence-corrected chi connectivity index (χ0v) is 13.4. The quantitative estimate of drug-likeness (QED) is 0.673. The molecule has 3 aromatic rings. The number of hydrogen-bond acceptors (Lipinski definition) is 3. The Balaban J connectivity index is 1.98. The van der Waals surface area contributed by atoms with E-state index in [1.165, 1.54) is 0 Å². The summed E-state index contributed by atoms with van der Waals surface area (Å²) in [5.74, 6) is 0.944. The van der Waals surface area contributed by atoms with Gasteiger partial charge in [0, 0.05) is 28.6 Å². The number of hydrogen-bond donors (Lipinski definition) is 0. The first kappa shape index (κ1) is 13.4. The molecule has 4 rings (SSSR count). The third-order valence-electron chi connectivity index (χ3n) is 3.74. The summed E-state index contributed by atoms with van der Waals surface area (Å²) in [5, 5.41) is 8.27. The van der Waals surface area contributed by atoms with E-state index in [9.17, 15) is 0 Å². The van der Waals surface area contributed by atoms with Crippen LogP contribution in [0.5, 0.6) is 0 Å². The SMILES string of the molecule is Brc1ccc2c(c1)C(c1ccccc1)=NCCc1nncn1-2. The van der Waals surface area contributed by atoms with Crippen LogP contribution in [0.1, 0.15) is 17.0 Å². The Hall–Kier alpha value is -2.27. The second kappa shape index (κ2) is 5.50. The van der Waals surface area contributed by atoms with Crippen molar-refractivity contribution in [3.63, 3.8) is 0 Å². The third kappa shape index (κ3) is 2.27. The van der Waals surface area contributed by atoms with Crippen molar-refractivity contribution in [2.45, 2.75) is 6.42 Å². The molecule has 0 unspecified atom stereocenters. The minimum absolute atomic E-state index is 0.703. The first-order valence-electron chi connectivity index (χ1n) is 7.12. The summed E-state index contributed by atoms with van der Waals surface area (Å²) in [5.41, 5.74) is 4.28. The first-order valence-corrected chi connectivity index (χ1v) is 7.91. The molecule has 1 aliphatic heterocycles. The van der Waals surface area contributed by atoms with Crippen molar-refractivity contribution in [2.24, 2.45) is 4.99 Å². The third-order valence-corrected chi connectivity index (χ3v) is 4.24. The van der Waals surface area contributed by atoms with E-state index in [4.69, 9.17) is 4.99 Å². The minimum Gasteiger partial charge on any atom is -0.285 e. The maximum atomic E-state index is 4.83. The minimum atomic E-state index is 0.703. The fourth-order valence-electron chi connectivity index (χ4n) is 2.73. The molecule has 0 saturated carbocycles. The molecule has 1 aliphatic rings. The lowest BCUT2D eigenvalue weighted by molar-refractivity contribution is 0.823. The predicted octanol–water partition coefficient (Wildman–Crippen LogP) is 3.42. The molecule has 5 heteroatoms. The highest BCUT2D eigenvalue weighted by Gasteiger charge is 2.18. The van der Waals surface area contributed by atoms with Crippen LogP contribution in [0.15, 0.2) is 64.3 Å². The Kier molecular flexibility index (Phi) is 3.35. The molecule has 4 nitrogen and oxygen atoms in total. The summed E-state index contributed by atoms with van der Waals surface area (Å²) in [6.45, 7) is 0.703. The van der Waals surface area contributed by atoms with Gasteiger partial charge in [-0.25, -0.2) is 0 Å². The van der Waals surface area contributed by atoms with Crippen molar-refractivity contribution >= 4 is 21.6 Å². The van der Waals surface area contributed by atoms with Crippen molar-refractivity contribution in [3.05, 3.63) is 76.3 Å². The van der Waals surface area contributed by atoms with Gasteiger partial charge in [0.15, 0.2) is 0 Å². The van der Waals surface area contributed by atoms with Gasteiger partial charge in [-0.1, -0.05) is 46.3 Å². The summed E-state index contributed by atoms with van der Waals surface area (Å²) in [6, 6.07) is 16.5. The molecule has 0 amide bonds. The van der Waals surface area contributed by atoms with Crippen LogP contribution in [-0.4, -0.2) is 27.0 Å². The van der Waals surface area contributed by atoms with Gasteiger partial charge in [0.1, 0.15) is 12.2 Å². The fourth-order valence-corrected chi connectivity index (χ4v) is 3.10. The largest absolute Gasteiger partial charge is 0.285 e. The highest BCUT2D eigenvalue weighted by atomic mass is 79.9. The molecule has 0 spiro atoms. The Labute approximate surface area is 136 Å². The van der Waals surface area contributed by atoms with E-state index in [-0.39, 0.29) is 0 Å². The maximum absolute atomic E-state index is 4.83. The summed E-state index contributed by atoms with van der Waals surface area (Å²) < 4.78 is 3.09. The summed E-state index contributed by atoms with van der Waals surface area (Å²) in [4.78, 5) is 4.83. The molecular weight excluding hydrogens is 340 g/mol. The second-order valence-corrected chi connectivity index (χ2v) is 6.04. The zero-order chi connectivity index (χ0) is 14.9. The molecule has 1 aromatic heterocycles. The van der Waals surface area contributed by atoms with Gasteiger partial charge in [0.05, 0.1) is 11.4 Å². The summed E-state index contributed by atoms with van der Waals surface area (Å²) >= 11 is 3.57. The number of rotatable bonds is 1. The number of aromatic nitrogens is 3. The van der Waals surface area contributed by atoms with Crippen LogP contribution in [0.25, 0.3) is 5.69 Å². The molecule has 0 radical (unpaired) electrons. The predicted molar refractivity (Wildman–Crippen MR) is 89.7 cm³/mol. The zero-order valence-electron chi connectivity index (χ0n) is 11.8. The van der Waals surface area contributed by atoms with Crippen LogP contribution in [-0.2, 0) is 6.42 Å². The van der Waals surface area contributed by atoms with E-state index < -0.39 is 0 Å². The van der Waals surface area contributed by atoms with Gasteiger partial charge in [0.2, 0.25) is 0 Å². The lowest BCUT2D eigenvalue weighted by atomic mass is 9.99. The Morgan fingerprint density at radius 2 is 1.91 bits per heavy atom. The van der Waals surface area contributed by atoms with Crippen LogP contribution in [0.3, 0.4) is 0 Å². The molecule has 0 fully saturated rings. The molecule has 0 bridgehead atoms.